The van der Waals surface area contributed by atoms with Crippen molar-refractivity contribution < 1.29 is 19.4 Å². The summed E-state index contributed by atoms with van der Waals surface area (Å²) in [5, 5.41) is 10.1. The van der Waals surface area contributed by atoms with Gasteiger partial charge in [-0.15, -0.1) is 0 Å². The third-order valence-electron chi connectivity index (χ3n) is 4.04. The molecule has 0 radical (unpaired) electrons. The number of amides is 1. The fourth-order valence-corrected chi connectivity index (χ4v) is 2.93. The number of hydrogen-bond donors (Lipinski definition) is 1. The molecule has 1 aromatic carbocycles. The molecule has 1 fully saturated rings. The standard InChI is InChI=1S/C16H22N2O4/c1-12(19)18-5-4-17(10-14(20)11-18)9-13-2-3-15-16(8-13)22-7-6-21-15/h2-3,8,14,20H,4-7,9-11H2,1H3/t14-/m0/s1. The van der Waals surface area contributed by atoms with Crippen LogP contribution in [0.15, 0.2) is 18.2 Å². The highest BCUT2D eigenvalue weighted by molar-refractivity contribution is 5.73. The molecule has 6 heteroatoms. The van der Waals surface area contributed by atoms with Gasteiger partial charge in [0.2, 0.25) is 5.91 Å². The lowest BCUT2D eigenvalue weighted by atomic mass is 10.1. The zero-order valence-electron chi connectivity index (χ0n) is 12.8. The Hall–Kier alpha value is -1.79. The van der Waals surface area contributed by atoms with E-state index < -0.39 is 6.10 Å². The molecule has 2 aliphatic rings. The lowest BCUT2D eigenvalue weighted by molar-refractivity contribution is -0.129. The van der Waals surface area contributed by atoms with Crippen LogP contribution in [0, 0.1) is 0 Å². The van der Waals surface area contributed by atoms with Gasteiger partial charge < -0.3 is 19.5 Å². The SMILES string of the molecule is CC(=O)N1CCN(Cc2ccc3c(c2)OCCO3)C[C@H](O)C1. The molecule has 0 bridgehead atoms. The highest BCUT2D eigenvalue weighted by atomic mass is 16.6. The van der Waals surface area contributed by atoms with E-state index in [4.69, 9.17) is 9.47 Å². The summed E-state index contributed by atoms with van der Waals surface area (Å²) < 4.78 is 11.1. The summed E-state index contributed by atoms with van der Waals surface area (Å²) in [7, 11) is 0. The van der Waals surface area contributed by atoms with Crippen LogP contribution in [0.4, 0.5) is 0 Å². The molecule has 0 aliphatic carbocycles. The number of β-amino-alcohol motifs (C(OH)–C–C–N with tert-alkyl or cyclic N) is 1. The van der Waals surface area contributed by atoms with Crippen molar-refractivity contribution in [3.8, 4) is 11.5 Å². The summed E-state index contributed by atoms with van der Waals surface area (Å²) in [5.41, 5.74) is 1.12. The molecule has 120 valence electrons. The summed E-state index contributed by atoms with van der Waals surface area (Å²) in [5.74, 6) is 1.58. The number of fused-ring (bicyclic) bond motifs is 1. The van der Waals surface area contributed by atoms with Gasteiger partial charge in [0.15, 0.2) is 11.5 Å². The van der Waals surface area contributed by atoms with Crippen LogP contribution >= 0.6 is 0 Å². The second kappa shape index (κ2) is 6.54. The topological polar surface area (TPSA) is 62.2 Å². The van der Waals surface area contributed by atoms with E-state index in [1.54, 1.807) is 11.8 Å². The zero-order valence-corrected chi connectivity index (χ0v) is 12.8. The number of nitrogens with zero attached hydrogens (tertiary/aromatic N) is 2. The van der Waals surface area contributed by atoms with E-state index in [0.717, 1.165) is 30.2 Å². The van der Waals surface area contributed by atoms with E-state index in [1.165, 1.54) is 0 Å². The fourth-order valence-electron chi connectivity index (χ4n) is 2.93. The summed E-state index contributed by atoms with van der Waals surface area (Å²) in [6.45, 7) is 5.81. The van der Waals surface area contributed by atoms with Gasteiger partial charge in [-0.1, -0.05) is 6.07 Å². The smallest absolute Gasteiger partial charge is 0.219 e. The van der Waals surface area contributed by atoms with Gasteiger partial charge in [0.05, 0.1) is 6.10 Å². The second-order valence-electron chi connectivity index (χ2n) is 5.83. The van der Waals surface area contributed by atoms with Crippen molar-refractivity contribution >= 4 is 5.91 Å². The Balaban J connectivity index is 1.66. The van der Waals surface area contributed by atoms with Gasteiger partial charge in [0.1, 0.15) is 13.2 Å². The van der Waals surface area contributed by atoms with Crippen molar-refractivity contribution in [1.82, 2.24) is 9.80 Å². The lowest BCUT2D eigenvalue weighted by Gasteiger charge is -2.23. The first-order valence-electron chi connectivity index (χ1n) is 7.66. The van der Waals surface area contributed by atoms with E-state index in [1.807, 2.05) is 18.2 Å². The van der Waals surface area contributed by atoms with Crippen LogP contribution < -0.4 is 9.47 Å². The molecule has 0 unspecified atom stereocenters. The molecule has 1 aromatic rings. The Morgan fingerprint density at radius 3 is 2.77 bits per heavy atom. The number of aliphatic hydroxyl groups is 1. The number of ether oxygens (including phenoxy) is 2. The van der Waals surface area contributed by atoms with Crippen molar-refractivity contribution in [1.29, 1.82) is 0 Å². The van der Waals surface area contributed by atoms with E-state index in [0.29, 0.717) is 32.8 Å². The molecule has 3 rings (SSSR count). The molecule has 2 heterocycles. The van der Waals surface area contributed by atoms with Crippen LogP contribution in [0.25, 0.3) is 0 Å². The minimum Gasteiger partial charge on any atom is -0.486 e. The van der Waals surface area contributed by atoms with Gasteiger partial charge in [0.25, 0.3) is 0 Å². The molecular formula is C16H22N2O4. The summed E-state index contributed by atoms with van der Waals surface area (Å²) in [6.07, 6.45) is -0.511. The minimum atomic E-state index is -0.511. The second-order valence-corrected chi connectivity index (χ2v) is 5.83. The van der Waals surface area contributed by atoms with Gasteiger partial charge in [0, 0.05) is 39.6 Å². The first-order chi connectivity index (χ1) is 10.6. The maximum absolute atomic E-state index is 11.5. The third kappa shape index (κ3) is 3.51. The number of carbonyl (C=O) groups is 1. The van der Waals surface area contributed by atoms with Crippen molar-refractivity contribution in [2.75, 3.05) is 39.4 Å². The van der Waals surface area contributed by atoms with E-state index in [-0.39, 0.29) is 5.91 Å². The largest absolute Gasteiger partial charge is 0.486 e. The van der Waals surface area contributed by atoms with Crippen molar-refractivity contribution in [2.45, 2.75) is 19.6 Å². The Bertz CT molecular complexity index is 549. The van der Waals surface area contributed by atoms with Gasteiger partial charge in [-0.05, 0) is 17.7 Å². The zero-order chi connectivity index (χ0) is 15.5. The van der Waals surface area contributed by atoms with Crippen LogP contribution in [0.5, 0.6) is 11.5 Å². The van der Waals surface area contributed by atoms with Gasteiger partial charge >= 0.3 is 0 Å². The Morgan fingerprint density at radius 2 is 2.00 bits per heavy atom. The molecule has 2 aliphatic heterocycles. The molecule has 0 aromatic heterocycles. The van der Waals surface area contributed by atoms with Crippen LogP contribution in [0.3, 0.4) is 0 Å². The summed E-state index contributed by atoms with van der Waals surface area (Å²) in [4.78, 5) is 15.4. The van der Waals surface area contributed by atoms with Gasteiger partial charge in [-0.2, -0.15) is 0 Å². The highest BCUT2D eigenvalue weighted by Gasteiger charge is 2.23. The molecule has 0 saturated carbocycles. The third-order valence-corrected chi connectivity index (χ3v) is 4.04. The molecule has 22 heavy (non-hydrogen) atoms. The number of rotatable bonds is 2. The van der Waals surface area contributed by atoms with Crippen LogP contribution in [0.1, 0.15) is 12.5 Å². The molecule has 1 amide bonds. The molecule has 1 saturated heterocycles. The highest BCUT2D eigenvalue weighted by Crippen LogP contribution is 2.31. The average molecular weight is 306 g/mol. The molecule has 1 N–H and O–H groups in total. The number of carbonyl (C=O) groups excluding carboxylic acids is 1. The van der Waals surface area contributed by atoms with E-state index >= 15 is 0 Å². The maximum Gasteiger partial charge on any atom is 0.219 e. The predicted molar refractivity (Wildman–Crippen MR) is 81.0 cm³/mol. The van der Waals surface area contributed by atoms with Crippen molar-refractivity contribution in [3.63, 3.8) is 0 Å². The molecule has 0 spiro atoms. The quantitative estimate of drug-likeness (QED) is 0.861. The van der Waals surface area contributed by atoms with Gasteiger partial charge in [-0.25, -0.2) is 0 Å². The van der Waals surface area contributed by atoms with Crippen molar-refractivity contribution in [3.05, 3.63) is 23.8 Å². The summed E-state index contributed by atoms with van der Waals surface area (Å²) >= 11 is 0. The minimum absolute atomic E-state index is 0.0141. The number of hydrogen-bond acceptors (Lipinski definition) is 5. The Kier molecular flexibility index (Phi) is 4.49. The Morgan fingerprint density at radius 1 is 1.23 bits per heavy atom. The van der Waals surface area contributed by atoms with E-state index in [2.05, 4.69) is 4.90 Å². The molecule has 1 atom stereocenters. The maximum atomic E-state index is 11.5. The van der Waals surface area contributed by atoms with Gasteiger partial charge in [-0.3, -0.25) is 9.69 Å². The normalized spacial score (nSPS) is 22.3. The molecular weight excluding hydrogens is 284 g/mol. The lowest BCUT2D eigenvalue weighted by Crippen LogP contribution is -2.36. The first kappa shape index (κ1) is 15.1. The van der Waals surface area contributed by atoms with Crippen LogP contribution in [-0.4, -0.2) is 66.3 Å². The predicted octanol–water partition coefficient (Wildman–Crippen LogP) is 0.483. The number of aliphatic hydroxyl groups excluding tert-OH is 1. The first-order valence-corrected chi connectivity index (χ1v) is 7.66. The van der Waals surface area contributed by atoms with Crippen molar-refractivity contribution in [2.24, 2.45) is 0 Å². The van der Waals surface area contributed by atoms with Crippen LogP contribution in [-0.2, 0) is 11.3 Å². The van der Waals surface area contributed by atoms with Crippen LogP contribution in [0.2, 0.25) is 0 Å². The molecule has 6 nitrogen and oxygen atoms in total. The monoisotopic (exact) mass is 306 g/mol. The Labute approximate surface area is 130 Å². The average Bonchev–Trinajstić information content (AvgIpc) is 2.68. The van der Waals surface area contributed by atoms with E-state index in [9.17, 15) is 9.90 Å². The fraction of sp³-hybridized carbons (Fsp3) is 0.562. The number of benzene rings is 1. The summed E-state index contributed by atoms with van der Waals surface area (Å²) in [6, 6.07) is 5.95.